The van der Waals surface area contributed by atoms with Crippen LogP contribution in [0, 0.1) is 0 Å². The molecule has 4 nitrogen and oxygen atoms in total. The normalized spacial score (nSPS) is 16.7. The van der Waals surface area contributed by atoms with Gasteiger partial charge in [0.25, 0.3) is 5.91 Å². The lowest BCUT2D eigenvalue weighted by molar-refractivity contribution is -0.122. The average molecular weight is 401 g/mol. The van der Waals surface area contributed by atoms with Crippen LogP contribution in [0.5, 0.6) is 5.75 Å². The fourth-order valence-electron chi connectivity index (χ4n) is 3.00. The van der Waals surface area contributed by atoms with Crippen molar-refractivity contribution in [1.82, 2.24) is 4.90 Å². The Balaban J connectivity index is 1.62. The third-order valence-electron chi connectivity index (χ3n) is 4.50. The number of thioether (sulfide) groups is 1. The molecule has 1 fully saturated rings. The maximum Gasteiger partial charge on any atom is 0.267 e. The van der Waals surface area contributed by atoms with Gasteiger partial charge in [-0.05, 0) is 46.7 Å². The van der Waals surface area contributed by atoms with Crippen molar-refractivity contribution in [2.75, 3.05) is 0 Å². The second-order valence-corrected chi connectivity index (χ2v) is 7.67. The number of benzene rings is 3. The molecule has 4 rings (SSSR count). The lowest BCUT2D eigenvalue weighted by Gasteiger charge is -2.15. The fourth-order valence-corrected chi connectivity index (χ4v) is 3.97. The second-order valence-electron chi connectivity index (χ2n) is 6.66. The van der Waals surface area contributed by atoms with E-state index in [1.165, 1.54) is 11.8 Å². The van der Waals surface area contributed by atoms with Gasteiger partial charge in [-0.2, -0.15) is 0 Å². The SMILES string of the molecule is O=C1/C(=C\c2ccc(O)cc2)SC(=NCc2ccccc2)N1Cc1ccccc1. The van der Waals surface area contributed by atoms with E-state index in [-0.39, 0.29) is 11.7 Å². The van der Waals surface area contributed by atoms with Crippen molar-refractivity contribution in [2.45, 2.75) is 13.1 Å². The van der Waals surface area contributed by atoms with Crippen molar-refractivity contribution in [1.29, 1.82) is 0 Å². The van der Waals surface area contributed by atoms with E-state index in [9.17, 15) is 9.90 Å². The van der Waals surface area contributed by atoms with Crippen molar-refractivity contribution in [3.05, 3.63) is 107 Å². The van der Waals surface area contributed by atoms with Gasteiger partial charge in [-0.15, -0.1) is 0 Å². The molecule has 1 saturated heterocycles. The predicted octanol–water partition coefficient (Wildman–Crippen LogP) is 5.06. The fraction of sp³-hybridized carbons (Fsp3) is 0.0833. The standard InChI is InChI=1S/C24H20N2O2S/c27-21-13-11-18(12-14-21)15-22-23(28)26(17-20-9-5-2-6-10-20)24(29-22)25-16-19-7-3-1-4-8-19/h1-15,27H,16-17H2/b22-15+,25-24?. The number of amidine groups is 1. The first-order valence-electron chi connectivity index (χ1n) is 9.32. The van der Waals surface area contributed by atoms with Gasteiger partial charge < -0.3 is 5.11 Å². The van der Waals surface area contributed by atoms with Gasteiger partial charge in [-0.3, -0.25) is 14.7 Å². The molecule has 1 heterocycles. The molecule has 29 heavy (non-hydrogen) atoms. The molecule has 0 bridgehead atoms. The molecule has 5 heteroatoms. The van der Waals surface area contributed by atoms with E-state index in [4.69, 9.17) is 4.99 Å². The molecule has 1 aliphatic rings. The number of nitrogens with zero attached hydrogens (tertiary/aromatic N) is 2. The van der Waals surface area contributed by atoms with E-state index >= 15 is 0 Å². The van der Waals surface area contributed by atoms with Gasteiger partial charge in [0.05, 0.1) is 18.0 Å². The zero-order chi connectivity index (χ0) is 20.1. The molecular formula is C24H20N2O2S. The molecule has 1 amide bonds. The summed E-state index contributed by atoms with van der Waals surface area (Å²) in [5.74, 6) is 0.145. The minimum absolute atomic E-state index is 0.0567. The zero-order valence-electron chi connectivity index (χ0n) is 15.7. The van der Waals surface area contributed by atoms with Crippen LogP contribution in [0.4, 0.5) is 0 Å². The number of amides is 1. The van der Waals surface area contributed by atoms with Crippen LogP contribution >= 0.6 is 11.8 Å². The maximum atomic E-state index is 13.1. The quantitative estimate of drug-likeness (QED) is 0.609. The van der Waals surface area contributed by atoms with E-state index in [2.05, 4.69) is 0 Å². The van der Waals surface area contributed by atoms with Crippen LogP contribution in [0.15, 0.2) is 94.8 Å². The van der Waals surface area contributed by atoms with Gasteiger partial charge in [-0.1, -0.05) is 72.8 Å². The number of rotatable bonds is 5. The first kappa shape index (κ1) is 19.0. The molecule has 0 unspecified atom stereocenters. The minimum atomic E-state index is -0.0567. The van der Waals surface area contributed by atoms with E-state index in [0.717, 1.165) is 16.7 Å². The van der Waals surface area contributed by atoms with Crippen molar-refractivity contribution >= 4 is 28.9 Å². The molecule has 3 aromatic rings. The van der Waals surface area contributed by atoms with Crippen LogP contribution in [-0.4, -0.2) is 21.1 Å². The van der Waals surface area contributed by atoms with Gasteiger partial charge in [0.15, 0.2) is 5.17 Å². The number of phenolic OH excluding ortho intramolecular Hbond substituents is 1. The molecular weight excluding hydrogens is 380 g/mol. The molecule has 0 spiro atoms. The van der Waals surface area contributed by atoms with Crippen LogP contribution in [0.3, 0.4) is 0 Å². The maximum absolute atomic E-state index is 13.1. The number of aliphatic imine (C=N–C) groups is 1. The summed E-state index contributed by atoms with van der Waals surface area (Å²) in [7, 11) is 0. The van der Waals surface area contributed by atoms with Crippen molar-refractivity contribution < 1.29 is 9.90 Å². The molecule has 1 aliphatic heterocycles. The zero-order valence-corrected chi connectivity index (χ0v) is 16.5. The molecule has 3 aromatic carbocycles. The molecule has 0 saturated carbocycles. The van der Waals surface area contributed by atoms with E-state index < -0.39 is 0 Å². The summed E-state index contributed by atoms with van der Waals surface area (Å²) in [5.41, 5.74) is 3.02. The summed E-state index contributed by atoms with van der Waals surface area (Å²) in [5, 5.41) is 10.2. The molecule has 0 aliphatic carbocycles. The van der Waals surface area contributed by atoms with E-state index in [1.807, 2.05) is 66.7 Å². The Labute approximate surface area is 174 Å². The second kappa shape index (κ2) is 8.80. The summed E-state index contributed by atoms with van der Waals surface area (Å²) >= 11 is 1.39. The van der Waals surface area contributed by atoms with Crippen molar-refractivity contribution in [3.63, 3.8) is 0 Å². The molecule has 144 valence electrons. The first-order valence-corrected chi connectivity index (χ1v) is 10.1. The lowest BCUT2D eigenvalue weighted by Crippen LogP contribution is -2.28. The Kier molecular flexibility index (Phi) is 5.77. The Morgan fingerprint density at radius 3 is 2.14 bits per heavy atom. The average Bonchev–Trinajstić information content (AvgIpc) is 3.04. The highest BCUT2D eigenvalue weighted by Gasteiger charge is 2.33. The smallest absolute Gasteiger partial charge is 0.267 e. The monoisotopic (exact) mass is 400 g/mol. The highest BCUT2D eigenvalue weighted by Crippen LogP contribution is 2.34. The molecule has 1 N–H and O–H groups in total. The number of hydrogen-bond acceptors (Lipinski definition) is 4. The number of carbonyl (C=O) groups is 1. The topological polar surface area (TPSA) is 52.9 Å². The van der Waals surface area contributed by atoms with Gasteiger partial charge in [-0.25, -0.2) is 0 Å². The van der Waals surface area contributed by atoms with Crippen LogP contribution in [-0.2, 0) is 17.9 Å². The van der Waals surface area contributed by atoms with Crippen molar-refractivity contribution in [2.24, 2.45) is 4.99 Å². The van der Waals surface area contributed by atoms with Gasteiger partial charge >= 0.3 is 0 Å². The highest BCUT2D eigenvalue weighted by atomic mass is 32.2. The van der Waals surface area contributed by atoms with Gasteiger partial charge in [0.1, 0.15) is 5.75 Å². The Hall–Kier alpha value is -3.31. The Morgan fingerprint density at radius 2 is 1.48 bits per heavy atom. The molecule has 0 aromatic heterocycles. The number of hydrogen-bond donors (Lipinski definition) is 1. The predicted molar refractivity (Wildman–Crippen MR) is 118 cm³/mol. The van der Waals surface area contributed by atoms with Crippen LogP contribution < -0.4 is 0 Å². The van der Waals surface area contributed by atoms with Crippen molar-refractivity contribution in [3.8, 4) is 5.75 Å². The highest BCUT2D eigenvalue weighted by molar-refractivity contribution is 8.18. The van der Waals surface area contributed by atoms with E-state index in [1.54, 1.807) is 29.2 Å². The number of carbonyl (C=O) groups excluding carboxylic acids is 1. The summed E-state index contributed by atoms with van der Waals surface area (Å²) < 4.78 is 0. The number of aromatic hydroxyl groups is 1. The third kappa shape index (κ3) is 4.76. The van der Waals surface area contributed by atoms with E-state index in [0.29, 0.717) is 23.2 Å². The van der Waals surface area contributed by atoms with Gasteiger partial charge in [0.2, 0.25) is 0 Å². The summed E-state index contributed by atoms with van der Waals surface area (Å²) in [6, 6.07) is 26.7. The molecule has 0 radical (unpaired) electrons. The third-order valence-corrected chi connectivity index (χ3v) is 5.55. The van der Waals surface area contributed by atoms with Crippen LogP contribution in [0.25, 0.3) is 6.08 Å². The minimum Gasteiger partial charge on any atom is -0.508 e. The summed E-state index contributed by atoms with van der Waals surface area (Å²) in [6.45, 7) is 1.00. The Bertz CT molecular complexity index is 1050. The number of phenols is 1. The lowest BCUT2D eigenvalue weighted by atomic mass is 10.2. The van der Waals surface area contributed by atoms with Crippen LogP contribution in [0.1, 0.15) is 16.7 Å². The summed E-state index contributed by atoms with van der Waals surface area (Å²) in [6.07, 6.45) is 1.84. The summed E-state index contributed by atoms with van der Waals surface area (Å²) in [4.78, 5) is 20.2. The largest absolute Gasteiger partial charge is 0.508 e. The van der Waals surface area contributed by atoms with Gasteiger partial charge in [0, 0.05) is 0 Å². The molecule has 0 atom stereocenters. The first-order chi connectivity index (χ1) is 14.2. The Morgan fingerprint density at radius 1 is 0.862 bits per heavy atom. The van der Waals surface area contributed by atoms with Crippen LogP contribution in [0.2, 0.25) is 0 Å².